The maximum absolute atomic E-state index is 13.8. The van der Waals surface area contributed by atoms with Gasteiger partial charge in [0.15, 0.2) is 0 Å². The quantitative estimate of drug-likeness (QED) is 0.475. The molecule has 8 nitrogen and oxygen atoms in total. The van der Waals surface area contributed by atoms with E-state index in [0.717, 1.165) is 5.56 Å². The molecule has 0 radical (unpaired) electrons. The minimum absolute atomic E-state index is 0.0697. The Labute approximate surface area is 217 Å². The highest BCUT2D eigenvalue weighted by Gasteiger charge is 2.47. The van der Waals surface area contributed by atoms with Crippen LogP contribution in [0.2, 0.25) is 5.02 Å². The summed E-state index contributed by atoms with van der Waals surface area (Å²) in [5.41, 5.74) is 1.33. The number of phenolic OH excluding ortho intramolecular Hbond substituents is 1. The molecule has 0 bridgehead atoms. The van der Waals surface area contributed by atoms with Gasteiger partial charge in [-0.15, -0.1) is 0 Å². The number of halogens is 1. The molecule has 3 amide bonds. The van der Waals surface area contributed by atoms with E-state index < -0.39 is 29.6 Å². The summed E-state index contributed by atoms with van der Waals surface area (Å²) < 4.78 is 5.24. The van der Waals surface area contributed by atoms with Gasteiger partial charge < -0.3 is 25.4 Å². The predicted molar refractivity (Wildman–Crippen MR) is 139 cm³/mol. The fraction of sp³-hybridized carbons (Fsp3) is 0.444. The molecule has 0 spiro atoms. The normalized spacial score (nSPS) is 17.6. The molecule has 0 aromatic heterocycles. The van der Waals surface area contributed by atoms with E-state index >= 15 is 0 Å². The van der Waals surface area contributed by atoms with E-state index in [0.29, 0.717) is 28.3 Å². The summed E-state index contributed by atoms with van der Waals surface area (Å²) in [4.78, 5) is 41.0. The summed E-state index contributed by atoms with van der Waals surface area (Å²) in [6, 6.07) is 8.95. The van der Waals surface area contributed by atoms with Crippen molar-refractivity contribution in [3.05, 3.63) is 58.1 Å². The highest BCUT2D eigenvalue weighted by molar-refractivity contribution is 6.34. The Balaban J connectivity index is 1.98. The van der Waals surface area contributed by atoms with E-state index in [9.17, 15) is 19.5 Å². The van der Waals surface area contributed by atoms with E-state index in [2.05, 4.69) is 10.6 Å². The van der Waals surface area contributed by atoms with Crippen molar-refractivity contribution in [3.8, 4) is 5.75 Å². The summed E-state index contributed by atoms with van der Waals surface area (Å²) in [7, 11) is 0. The van der Waals surface area contributed by atoms with Crippen LogP contribution in [0, 0.1) is 19.8 Å². The summed E-state index contributed by atoms with van der Waals surface area (Å²) in [5.74, 6) is -0.900. The van der Waals surface area contributed by atoms with Gasteiger partial charge in [-0.3, -0.25) is 9.59 Å². The number of para-hydroxylation sites is 2. The maximum atomic E-state index is 13.8. The molecule has 194 valence electrons. The SMILES string of the molecule is Cc1cccc(C(C(=O)Nc2c(C)cccc2Cl)N(C(=O)CNC(=O)OC(C)(C)C)C2CC2C)c1O. The van der Waals surface area contributed by atoms with Crippen LogP contribution in [0.1, 0.15) is 56.8 Å². The molecule has 3 rings (SSSR count). The van der Waals surface area contributed by atoms with Crippen LogP contribution in [-0.4, -0.2) is 46.1 Å². The molecule has 2 aromatic rings. The third-order valence-electron chi connectivity index (χ3n) is 6.06. The van der Waals surface area contributed by atoms with Gasteiger partial charge in [0.1, 0.15) is 23.9 Å². The number of carbonyl (C=O) groups is 3. The van der Waals surface area contributed by atoms with Crippen molar-refractivity contribution in [2.24, 2.45) is 5.92 Å². The van der Waals surface area contributed by atoms with Gasteiger partial charge in [0, 0.05) is 11.6 Å². The number of nitrogens with one attached hydrogen (secondary N) is 2. The summed E-state index contributed by atoms with van der Waals surface area (Å²) in [5, 5.41) is 16.6. The molecule has 1 aliphatic carbocycles. The number of amides is 3. The van der Waals surface area contributed by atoms with E-state index in [4.69, 9.17) is 16.3 Å². The van der Waals surface area contributed by atoms with E-state index in [1.807, 2.05) is 19.9 Å². The van der Waals surface area contributed by atoms with Gasteiger partial charge in [0.25, 0.3) is 5.91 Å². The first kappa shape index (κ1) is 27.3. The van der Waals surface area contributed by atoms with Crippen molar-refractivity contribution >= 4 is 35.2 Å². The second kappa shape index (κ2) is 10.8. The van der Waals surface area contributed by atoms with Gasteiger partial charge in [-0.05, 0) is 64.2 Å². The first-order valence-corrected chi connectivity index (χ1v) is 12.3. The second-order valence-electron chi connectivity index (χ2n) is 10.3. The number of alkyl carbamates (subject to hydrolysis) is 1. The van der Waals surface area contributed by atoms with Crippen molar-refractivity contribution < 1.29 is 24.2 Å². The molecule has 0 heterocycles. The lowest BCUT2D eigenvalue weighted by molar-refractivity contribution is -0.139. The molecule has 3 N–H and O–H groups in total. The lowest BCUT2D eigenvalue weighted by Crippen LogP contribution is -2.48. The smallest absolute Gasteiger partial charge is 0.408 e. The zero-order valence-electron chi connectivity index (χ0n) is 21.5. The summed E-state index contributed by atoms with van der Waals surface area (Å²) >= 11 is 6.35. The number of hydrogen-bond donors (Lipinski definition) is 3. The molecule has 9 heteroatoms. The summed E-state index contributed by atoms with van der Waals surface area (Å²) in [6.45, 7) is 10.3. The molecular weight excluding hydrogens is 482 g/mol. The monoisotopic (exact) mass is 515 g/mol. The number of benzene rings is 2. The van der Waals surface area contributed by atoms with Crippen LogP contribution >= 0.6 is 11.6 Å². The Hall–Kier alpha value is -3.26. The predicted octanol–water partition coefficient (Wildman–Crippen LogP) is 5.10. The Morgan fingerprint density at radius 2 is 1.75 bits per heavy atom. The first-order valence-electron chi connectivity index (χ1n) is 11.9. The van der Waals surface area contributed by atoms with E-state index in [1.165, 1.54) is 4.90 Å². The molecular formula is C27H34ClN3O5. The number of aromatic hydroxyl groups is 1. The van der Waals surface area contributed by atoms with Crippen molar-refractivity contribution in [1.29, 1.82) is 0 Å². The molecule has 36 heavy (non-hydrogen) atoms. The standard InChI is InChI=1S/C27H34ClN3O5/c1-15-9-8-12-19(28)22(15)30-25(34)23(18-11-7-10-16(2)24(18)33)31(20-13-17(20)3)21(32)14-29-26(35)36-27(4,5)6/h7-12,17,20,23,33H,13-14H2,1-6H3,(H,29,35)(H,30,34). The third-order valence-corrected chi connectivity index (χ3v) is 6.37. The minimum Gasteiger partial charge on any atom is -0.507 e. The summed E-state index contributed by atoms with van der Waals surface area (Å²) in [6.07, 6.45) is -0.0367. The first-order chi connectivity index (χ1) is 16.8. The number of rotatable bonds is 7. The van der Waals surface area contributed by atoms with Gasteiger partial charge in [-0.2, -0.15) is 0 Å². The average Bonchev–Trinajstić information content (AvgIpc) is 3.49. The molecule has 2 aromatic carbocycles. The van der Waals surface area contributed by atoms with Crippen LogP contribution in [0.15, 0.2) is 36.4 Å². The van der Waals surface area contributed by atoms with Crippen LogP contribution in [-0.2, 0) is 14.3 Å². The Morgan fingerprint density at radius 1 is 1.14 bits per heavy atom. The number of aryl methyl sites for hydroxylation is 2. The van der Waals surface area contributed by atoms with Gasteiger partial charge in [-0.25, -0.2) is 4.79 Å². The van der Waals surface area contributed by atoms with Crippen LogP contribution < -0.4 is 10.6 Å². The highest BCUT2D eigenvalue weighted by atomic mass is 35.5. The fourth-order valence-electron chi connectivity index (χ4n) is 4.07. The Bertz CT molecular complexity index is 1140. The Morgan fingerprint density at radius 3 is 2.33 bits per heavy atom. The fourth-order valence-corrected chi connectivity index (χ4v) is 4.33. The third kappa shape index (κ3) is 6.49. The van der Waals surface area contributed by atoms with Crippen molar-refractivity contribution in [2.45, 2.75) is 65.6 Å². The van der Waals surface area contributed by atoms with E-state index in [1.54, 1.807) is 58.0 Å². The molecule has 3 unspecified atom stereocenters. The van der Waals surface area contributed by atoms with Crippen molar-refractivity contribution in [1.82, 2.24) is 10.2 Å². The molecule has 1 saturated carbocycles. The number of nitrogens with zero attached hydrogens (tertiary/aromatic N) is 1. The van der Waals surface area contributed by atoms with Crippen molar-refractivity contribution in [3.63, 3.8) is 0 Å². The number of carbonyl (C=O) groups excluding carboxylic acids is 3. The van der Waals surface area contributed by atoms with Crippen LogP contribution in [0.5, 0.6) is 5.75 Å². The van der Waals surface area contributed by atoms with Gasteiger partial charge >= 0.3 is 6.09 Å². The lowest BCUT2D eigenvalue weighted by atomic mass is 9.99. The molecule has 1 aliphatic rings. The van der Waals surface area contributed by atoms with Gasteiger partial charge in [0.05, 0.1) is 10.7 Å². The molecule has 0 saturated heterocycles. The number of ether oxygens (including phenoxy) is 1. The second-order valence-corrected chi connectivity index (χ2v) is 10.7. The van der Waals surface area contributed by atoms with Gasteiger partial charge in [-0.1, -0.05) is 48.9 Å². The molecule has 0 aliphatic heterocycles. The zero-order valence-corrected chi connectivity index (χ0v) is 22.3. The van der Waals surface area contributed by atoms with Crippen LogP contribution in [0.4, 0.5) is 10.5 Å². The lowest BCUT2D eigenvalue weighted by Gasteiger charge is -2.33. The maximum Gasteiger partial charge on any atom is 0.408 e. The van der Waals surface area contributed by atoms with Crippen molar-refractivity contribution in [2.75, 3.05) is 11.9 Å². The average molecular weight is 516 g/mol. The zero-order chi connectivity index (χ0) is 26.8. The largest absolute Gasteiger partial charge is 0.507 e. The minimum atomic E-state index is -1.15. The van der Waals surface area contributed by atoms with Crippen LogP contribution in [0.3, 0.4) is 0 Å². The number of anilines is 1. The topological polar surface area (TPSA) is 108 Å². The molecule has 3 atom stereocenters. The number of phenols is 1. The van der Waals surface area contributed by atoms with Gasteiger partial charge in [0.2, 0.25) is 5.91 Å². The van der Waals surface area contributed by atoms with E-state index in [-0.39, 0.29) is 24.3 Å². The molecule has 1 fully saturated rings. The van der Waals surface area contributed by atoms with Crippen LogP contribution in [0.25, 0.3) is 0 Å². The highest BCUT2D eigenvalue weighted by Crippen LogP contribution is 2.43. The number of hydrogen-bond acceptors (Lipinski definition) is 5. The Kier molecular flexibility index (Phi) is 8.19.